The number of aryl methyl sites for hydroxylation is 1. The second-order valence-electron chi connectivity index (χ2n) is 5.08. The summed E-state index contributed by atoms with van der Waals surface area (Å²) in [6.07, 6.45) is 2.36. The van der Waals surface area contributed by atoms with Gasteiger partial charge in [-0.1, -0.05) is 13.0 Å². The topological polar surface area (TPSA) is 72.6 Å². The minimum absolute atomic E-state index is 0.0235. The number of methoxy groups -OCH3 is 1. The van der Waals surface area contributed by atoms with Gasteiger partial charge in [-0.2, -0.15) is 4.31 Å². The van der Waals surface area contributed by atoms with Crippen LogP contribution >= 0.6 is 0 Å². The van der Waals surface area contributed by atoms with E-state index >= 15 is 0 Å². The van der Waals surface area contributed by atoms with Crippen LogP contribution in [0.25, 0.3) is 0 Å². The standard InChI is InChI=1S/C14H22N2O3S/c1-3-11-6-7-12(15)9-14(11)20(17,18)16-8-4-5-13(10-16)19-2/h6-7,9,13H,3-5,8,10,15H2,1-2H3. The fourth-order valence-electron chi connectivity index (χ4n) is 2.56. The number of sulfonamides is 1. The largest absolute Gasteiger partial charge is 0.399 e. The average Bonchev–Trinajstić information content (AvgIpc) is 2.47. The van der Waals surface area contributed by atoms with Crippen LogP contribution in [0.15, 0.2) is 23.1 Å². The zero-order valence-electron chi connectivity index (χ0n) is 12.0. The summed E-state index contributed by atoms with van der Waals surface area (Å²) >= 11 is 0. The molecule has 0 amide bonds. The third kappa shape index (κ3) is 2.97. The van der Waals surface area contributed by atoms with Gasteiger partial charge in [0, 0.05) is 25.9 Å². The van der Waals surface area contributed by atoms with Gasteiger partial charge in [0.2, 0.25) is 10.0 Å². The van der Waals surface area contributed by atoms with Crippen LogP contribution in [0.5, 0.6) is 0 Å². The first-order chi connectivity index (χ1) is 9.48. The summed E-state index contributed by atoms with van der Waals surface area (Å²) in [4.78, 5) is 0.330. The number of benzene rings is 1. The molecule has 1 heterocycles. The molecule has 0 spiro atoms. The maximum atomic E-state index is 12.8. The van der Waals surface area contributed by atoms with E-state index in [1.165, 1.54) is 4.31 Å². The Morgan fingerprint density at radius 2 is 2.20 bits per heavy atom. The van der Waals surface area contributed by atoms with Gasteiger partial charge >= 0.3 is 0 Å². The number of hydrogen-bond donors (Lipinski definition) is 1. The summed E-state index contributed by atoms with van der Waals surface area (Å²) in [7, 11) is -1.87. The Hall–Kier alpha value is -1.11. The van der Waals surface area contributed by atoms with Gasteiger partial charge in [0.15, 0.2) is 0 Å². The molecule has 0 aliphatic carbocycles. The highest BCUT2D eigenvalue weighted by Gasteiger charge is 2.31. The number of nitrogens with two attached hydrogens (primary N) is 1. The van der Waals surface area contributed by atoms with Crippen LogP contribution in [-0.4, -0.2) is 39.0 Å². The van der Waals surface area contributed by atoms with Crippen molar-refractivity contribution in [3.63, 3.8) is 0 Å². The summed E-state index contributed by atoms with van der Waals surface area (Å²) in [5, 5.41) is 0. The van der Waals surface area contributed by atoms with Gasteiger partial charge in [-0.3, -0.25) is 0 Å². The molecule has 20 heavy (non-hydrogen) atoms. The Morgan fingerprint density at radius 1 is 1.45 bits per heavy atom. The van der Waals surface area contributed by atoms with Crippen LogP contribution in [0, 0.1) is 0 Å². The van der Waals surface area contributed by atoms with Crippen molar-refractivity contribution in [3.8, 4) is 0 Å². The molecule has 0 aromatic heterocycles. The van der Waals surface area contributed by atoms with Gasteiger partial charge in [-0.05, 0) is 37.0 Å². The Balaban J connectivity index is 2.37. The lowest BCUT2D eigenvalue weighted by molar-refractivity contribution is 0.0571. The van der Waals surface area contributed by atoms with Crippen molar-refractivity contribution in [2.24, 2.45) is 0 Å². The highest BCUT2D eigenvalue weighted by Crippen LogP contribution is 2.26. The minimum Gasteiger partial charge on any atom is -0.399 e. The van der Waals surface area contributed by atoms with E-state index in [1.54, 1.807) is 25.3 Å². The van der Waals surface area contributed by atoms with Crippen molar-refractivity contribution < 1.29 is 13.2 Å². The molecule has 6 heteroatoms. The summed E-state index contributed by atoms with van der Waals surface area (Å²) in [5.41, 5.74) is 7.03. The Labute approximate surface area is 120 Å². The third-order valence-corrected chi connectivity index (χ3v) is 5.71. The monoisotopic (exact) mass is 298 g/mol. The van der Waals surface area contributed by atoms with Crippen molar-refractivity contribution >= 4 is 15.7 Å². The first-order valence-electron chi connectivity index (χ1n) is 6.90. The molecule has 1 unspecified atom stereocenters. The summed E-state index contributed by atoms with van der Waals surface area (Å²) in [6.45, 7) is 2.90. The lowest BCUT2D eigenvalue weighted by atomic mass is 10.1. The molecule has 1 aliphatic rings. The number of piperidine rings is 1. The second kappa shape index (κ2) is 6.11. The number of hydrogen-bond acceptors (Lipinski definition) is 4. The first-order valence-corrected chi connectivity index (χ1v) is 8.34. The quantitative estimate of drug-likeness (QED) is 0.858. The van der Waals surface area contributed by atoms with Crippen molar-refractivity contribution in [2.45, 2.75) is 37.2 Å². The van der Waals surface area contributed by atoms with Gasteiger partial charge in [0.1, 0.15) is 0 Å². The third-order valence-electron chi connectivity index (χ3n) is 3.76. The maximum absolute atomic E-state index is 12.8. The van der Waals surface area contributed by atoms with Gasteiger partial charge in [-0.25, -0.2) is 8.42 Å². The second-order valence-corrected chi connectivity index (χ2v) is 6.99. The van der Waals surface area contributed by atoms with Gasteiger partial charge < -0.3 is 10.5 Å². The SMILES string of the molecule is CCc1ccc(N)cc1S(=O)(=O)N1CCCC(OC)C1. The van der Waals surface area contributed by atoms with Gasteiger partial charge in [-0.15, -0.1) is 0 Å². The zero-order chi connectivity index (χ0) is 14.8. The molecule has 1 saturated heterocycles. The number of anilines is 1. The molecule has 1 aromatic carbocycles. The summed E-state index contributed by atoms with van der Waals surface area (Å²) in [5.74, 6) is 0. The summed E-state index contributed by atoms with van der Waals surface area (Å²) < 4.78 is 32.4. The van der Waals surface area contributed by atoms with Crippen LogP contribution in [0.2, 0.25) is 0 Å². The van der Waals surface area contributed by atoms with E-state index in [2.05, 4.69) is 0 Å². The predicted molar refractivity (Wildman–Crippen MR) is 79.0 cm³/mol. The molecule has 2 N–H and O–H groups in total. The normalized spacial score (nSPS) is 21.0. The van der Waals surface area contributed by atoms with Crippen LogP contribution in [0.4, 0.5) is 5.69 Å². The molecule has 1 aliphatic heterocycles. The van der Waals surface area contributed by atoms with Gasteiger partial charge in [0.25, 0.3) is 0 Å². The van der Waals surface area contributed by atoms with E-state index < -0.39 is 10.0 Å². The van der Waals surface area contributed by atoms with Crippen LogP contribution in [-0.2, 0) is 21.2 Å². The molecular weight excluding hydrogens is 276 g/mol. The Morgan fingerprint density at radius 3 is 2.85 bits per heavy atom. The van der Waals surface area contributed by atoms with E-state index in [1.807, 2.05) is 6.92 Å². The molecule has 0 bridgehead atoms. The molecule has 0 saturated carbocycles. The number of ether oxygens (including phenoxy) is 1. The average molecular weight is 298 g/mol. The molecule has 1 atom stereocenters. The lowest BCUT2D eigenvalue weighted by Crippen LogP contribution is -2.43. The van der Waals surface area contributed by atoms with E-state index in [0.717, 1.165) is 18.4 Å². The molecule has 1 aromatic rings. The lowest BCUT2D eigenvalue weighted by Gasteiger charge is -2.31. The van der Waals surface area contributed by atoms with Crippen molar-refractivity contribution in [1.29, 1.82) is 0 Å². The van der Waals surface area contributed by atoms with Crippen molar-refractivity contribution in [2.75, 3.05) is 25.9 Å². The molecule has 112 valence electrons. The van der Waals surface area contributed by atoms with E-state index in [0.29, 0.717) is 30.1 Å². The molecule has 2 rings (SSSR count). The number of nitrogen functional groups attached to an aromatic ring is 1. The number of nitrogens with zero attached hydrogens (tertiary/aromatic N) is 1. The Kier molecular flexibility index (Phi) is 4.67. The fraction of sp³-hybridized carbons (Fsp3) is 0.571. The minimum atomic E-state index is -3.50. The summed E-state index contributed by atoms with van der Waals surface area (Å²) in [6, 6.07) is 5.09. The molecule has 0 radical (unpaired) electrons. The van der Waals surface area contributed by atoms with Gasteiger partial charge in [0.05, 0.1) is 11.0 Å². The smallest absolute Gasteiger partial charge is 0.243 e. The van der Waals surface area contributed by atoms with Crippen molar-refractivity contribution in [1.82, 2.24) is 4.31 Å². The molecule has 1 fully saturated rings. The van der Waals surface area contributed by atoms with Crippen LogP contribution in [0.1, 0.15) is 25.3 Å². The van der Waals surface area contributed by atoms with Crippen LogP contribution < -0.4 is 5.73 Å². The van der Waals surface area contributed by atoms with E-state index in [4.69, 9.17) is 10.5 Å². The fourth-order valence-corrected chi connectivity index (χ4v) is 4.40. The van der Waals surface area contributed by atoms with Crippen LogP contribution in [0.3, 0.4) is 0 Å². The Bertz CT molecular complexity index is 572. The molecule has 5 nitrogen and oxygen atoms in total. The maximum Gasteiger partial charge on any atom is 0.243 e. The zero-order valence-corrected chi connectivity index (χ0v) is 12.8. The van der Waals surface area contributed by atoms with E-state index in [-0.39, 0.29) is 6.10 Å². The first kappa shape index (κ1) is 15.3. The van der Waals surface area contributed by atoms with E-state index in [9.17, 15) is 8.42 Å². The highest BCUT2D eigenvalue weighted by molar-refractivity contribution is 7.89. The predicted octanol–water partition coefficient (Wildman–Crippen LogP) is 1.63. The van der Waals surface area contributed by atoms with Crippen molar-refractivity contribution in [3.05, 3.63) is 23.8 Å². The highest BCUT2D eigenvalue weighted by atomic mass is 32.2. The molecular formula is C14H22N2O3S. The number of rotatable bonds is 4.